The SMILES string of the molecule is CCC(C)(N)C(=O)Nc1cc(C(C)(C)C)ccc1OC. The van der Waals surface area contributed by atoms with Gasteiger partial charge in [0.1, 0.15) is 5.75 Å². The van der Waals surface area contributed by atoms with E-state index in [2.05, 4.69) is 26.1 Å². The predicted molar refractivity (Wildman–Crippen MR) is 83.2 cm³/mol. The number of rotatable bonds is 4. The van der Waals surface area contributed by atoms with Crippen molar-refractivity contribution in [1.82, 2.24) is 0 Å². The molecule has 1 rings (SSSR count). The van der Waals surface area contributed by atoms with Crippen LogP contribution in [0, 0.1) is 0 Å². The van der Waals surface area contributed by atoms with E-state index in [0.29, 0.717) is 17.9 Å². The van der Waals surface area contributed by atoms with Gasteiger partial charge in [-0.25, -0.2) is 0 Å². The third kappa shape index (κ3) is 3.73. The van der Waals surface area contributed by atoms with Crippen LogP contribution in [0.1, 0.15) is 46.6 Å². The fourth-order valence-electron chi connectivity index (χ4n) is 1.70. The van der Waals surface area contributed by atoms with Crippen LogP contribution in [-0.2, 0) is 10.2 Å². The van der Waals surface area contributed by atoms with Gasteiger partial charge in [-0.3, -0.25) is 4.79 Å². The number of methoxy groups -OCH3 is 1. The molecule has 0 aromatic heterocycles. The van der Waals surface area contributed by atoms with Crippen molar-refractivity contribution in [2.45, 2.75) is 52.0 Å². The first-order chi connectivity index (χ1) is 9.11. The molecule has 1 aromatic rings. The lowest BCUT2D eigenvalue weighted by atomic mass is 9.86. The van der Waals surface area contributed by atoms with Crippen LogP contribution in [0.2, 0.25) is 0 Å². The van der Waals surface area contributed by atoms with E-state index in [4.69, 9.17) is 10.5 Å². The standard InChI is InChI=1S/C16H26N2O2/c1-7-16(5,17)14(19)18-12-10-11(15(2,3)4)8-9-13(12)20-6/h8-10H,7,17H2,1-6H3,(H,18,19). The Balaban J connectivity index is 3.13. The number of nitrogens with two attached hydrogens (primary N) is 1. The molecule has 0 spiro atoms. The Morgan fingerprint density at radius 2 is 1.90 bits per heavy atom. The van der Waals surface area contributed by atoms with Crippen LogP contribution in [-0.4, -0.2) is 18.6 Å². The number of hydrogen-bond donors (Lipinski definition) is 2. The normalized spacial score (nSPS) is 14.6. The number of ether oxygens (including phenoxy) is 1. The molecule has 1 atom stereocenters. The summed E-state index contributed by atoms with van der Waals surface area (Å²) in [5.74, 6) is 0.433. The molecule has 1 unspecified atom stereocenters. The van der Waals surface area contributed by atoms with Crippen molar-refractivity contribution in [2.75, 3.05) is 12.4 Å². The molecule has 0 saturated heterocycles. The maximum absolute atomic E-state index is 12.2. The van der Waals surface area contributed by atoms with Gasteiger partial charge in [0.05, 0.1) is 18.3 Å². The zero-order chi connectivity index (χ0) is 15.6. The molecule has 0 saturated carbocycles. The number of carbonyl (C=O) groups is 1. The summed E-state index contributed by atoms with van der Waals surface area (Å²) in [7, 11) is 1.59. The highest BCUT2D eigenvalue weighted by Gasteiger charge is 2.27. The van der Waals surface area contributed by atoms with Crippen LogP contribution < -0.4 is 15.8 Å². The zero-order valence-corrected chi connectivity index (χ0v) is 13.3. The summed E-state index contributed by atoms with van der Waals surface area (Å²) in [5, 5.41) is 2.88. The number of hydrogen-bond acceptors (Lipinski definition) is 3. The molecular weight excluding hydrogens is 252 g/mol. The van der Waals surface area contributed by atoms with Gasteiger partial charge in [-0.2, -0.15) is 0 Å². The van der Waals surface area contributed by atoms with Gasteiger partial charge in [0.2, 0.25) is 5.91 Å². The fraction of sp³-hybridized carbons (Fsp3) is 0.562. The molecule has 0 aliphatic carbocycles. The molecule has 0 radical (unpaired) electrons. The van der Waals surface area contributed by atoms with E-state index in [-0.39, 0.29) is 11.3 Å². The van der Waals surface area contributed by atoms with Crippen molar-refractivity contribution in [3.63, 3.8) is 0 Å². The first-order valence-electron chi connectivity index (χ1n) is 6.90. The monoisotopic (exact) mass is 278 g/mol. The van der Waals surface area contributed by atoms with Gasteiger partial charge >= 0.3 is 0 Å². The van der Waals surface area contributed by atoms with E-state index < -0.39 is 5.54 Å². The van der Waals surface area contributed by atoms with Gasteiger partial charge in [0.15, 0.2) is 0 Å². The number of benzene rings is 1. The Hall–Kier alpha value is -1.55. The summed E-state index contributed by atoms with van der Waals surface area (Å²) < 4.78 is 5.30. The van der Waals surface area contributed by atoms with E-state index in [1.54, 1.807) is 14.0 Å². The highest BCUT2D eigenvalue weighted by atomic mass is 16.5. The van der Waals surface area contributed by atoms with Crippen molar-refractivity contribution in [3.05, 3.63) is 23.8 Å². The molecule has 4 nitrogen and oxygen atoms in total. The molecule has 0 heterocycles. The minimum absolute atomic E-state index is 0.00250. The van der Waals surface area contributed by atoms with Crippen molar-refractivity contribution in [2.24, 2.45) is 5.73 Å². The minimum Gasteiger partial charge on any atom is -0.495 e. The third-order valence-electron chi connectivity index (χ3n) is 3.57. The highest BCUT2D eigenvalue weighted by molar-refractivity contribution is 5.98. The smallest absolute Gasteiger partial charge is 0.244 e. The second-order valence-corrected chi connectivity index (χ2v) is 6.39. The molecule has 1 aromatic carbocycles. The maximum Gasteiger partial charge on any atom is 0.244 e. The predicted octanol–water partition coefficient (Wildman–Crippen LogP) is 3.06. The average Bonchev–Trinajstić information content (AvgIpc) is 2.37. The van der Waals surface area contributed by atoms with Crippen molar-refractivity contribution >= 4 is 11.6 Å². The van der Waals surface area contributed by atoms with E-state index in [1.165, 1.54) is 0 Å². The van der Waals surface area contributed by atoms with E-state index in [9.17, 15) is 4.79 Å². The van der Waals surface area contributed by atoms with Gasteiger partial charge in [-0.05, 0) is 36.5 Å². The minimum atomic E-state index is -0.886. The third-order valence-corrected chi connectivity index (χ3v) is 3.57. The van der Waals surface area contributed by atoms with Crippen molar-refractivity contribution in [3.8, 4) is 5.75 Å². The van der Waals surface area contributed by atoms with Gasteiger partial charge in [-0.1, -0.05) is 33.8 Å². The number of amides is 1. The summed E-state index contributed by atoms with van der Waals surface area (Å²) >= 11 is 0. The molecule has 1 amide bonds. The summed E-state index contributed by atoms with van der Waals surface area (Å²) in [6, 6.07) is 5.83. The quantitative estimate of drug-likeness (QED) is 0.889. The lowest BCUT2D eigenvalue weighted by Crippen LogP contribution is -2.47. The second-order valence-electron chi connectivity index (χ2n) is 6.39. The summed E-state index contributed by atoms with van der Waals surface area (Å²) in [4.78, 5) is 12.2. The van der Waals surface area contributed by atoms with Crippen LogP contribution in [0.25, 0.3) is 0 Å². The highest BCUT2D eigenvalue weighted by Crippen LogP contribution is 2.31. The lowest BCUT2D eigenvalue weighted by molar-refractivity contribution is -0.120. The second kappa shape index (κ2) is 5.83. The molecule has 0 aliphatic rings. The topological polar surface area (TPSA) is 64.4 Å². The largest absolute Gasteiger partial charge is 0.495 e. The Kier molecular flexibility index (Phi) is 4.81. The van der Waals surface area contributed by atoms with Gasteiger partial charge < -0.3 is 15.8 Å². The fourth-order valence-corrected chi connectivity index (χ4v) is 1.70. The van der Waals surface area contributed by atoms with Gasteiger partial charge in [0.25, 0.3) is 0 Å². The molecule has 0 aliphatic heterocycles. The van der Waals surface area contributed by atoms with E-state index >= 15 is 0 Å². The number of nitrogens with one attached hydrogen (secondary N) is 1. The van der Waals surface area contributed by atoms with E-state index in [0.717, 1.165) is 5.56 Å². The first kappa shape index (κ1) is 16.5. The summed E-state index contributed by atoms with van der Waals surface area (Å²) in [5.41, 5.74) is 6.88. The molecule has 20 heavy (non-hydrogen) atoms. The molecule has 0 fully saturated rings. The average molecular weight is 278 g/mol. The Morgan fingerprint density at radius 3 is 2.35 bits per heavy atom. The Labute approximate surface area is 121 Å². The van der Waals surface area contributed by atoms with Gasteiger partial charge in [0, 0.05) is 0 Å². The number of carbonyl (C=O) groups excluding carboxylic acids is 1. The van der Waals surface area contributed by atoms with Crippen LogP contribution in [0.4, 0.5) is 5.69 Å². The summed E-state index contributed by atoms with van der Waals surface area (Å²) in [6.45, 7) is 9.99. The van der Waals surface area contributed by atoms with Crippen molar-refractivity contribution < 1.29 is 9.53 Å². The molecule has 112 valence electrons. The van der Waals surface area contributed by atoms with Gasteiger partial charge in [-0.15, -0.1) is 0 Å². The Bertz CT molecular complexity index is 488. The molecule has 4 heteroatoms. The maximum atomic E-state index is 12.2. The molecule has 3 N–H and O–H groups in total. The van der Waals surface area contributed by atoms with Crippen LogP contribution in [0.5, 0.6) is 5.75 Å². The number of anilines is 1. The van der Waals surface area contributed by atoms with Crippen LogP contribution >= 0.6 is 0 Å². The molecular formula is C16H26N2O2. The van der Waals surface area contributed by atoms with Crippen molar-refractivity contribution in [1.29, 1.82) is 0 Å². The van der Waals surface area contributed by atoms with Crippen LogP contribution in [0.15, 0.2) is 18.2 Å². The Morgan fingerprint density at radius 1 is 1.30 bits per heavy atom. The van der Waals surface area contributed by atoms with E-state index in [1.807, 2.05) is 25.1 Å². The van der Waals surface area contributed by atoms with Crippen LogP contribution in [0.3, 0.4) is 0 Å². The first-order valence-corrected chi connectivity index (χ1v) is 6.90. The zero-order valence-electron chi connectivity index (χ0n) is 13.3. The summed E-state index contributed by atoms with van der Waals surface area (Å²) in [6.07, 6.45) is 0.570. The molecule has 0 bridgehead atoms. The lowest BCUT2D eigenvalue weighted by Gasteiger charge is -2.24.